The van der Waals surface area contributed by atoms with Crippen LogP contribution in [-0.2, 0) is 17.1 Å². The highest BCUT2D eigenvalue weighted by atomic mass is 32.2. The summed E-state index contributed by atoms with van der Waals surface area (Å²) >= 11 is 0. The van der Waals surface area contributed by atoms with Gasteiger partial charge in [0.25, 0.3) is 10.0 Å². The van der Waals surface area contributed by atoms with Crippen LogP contribution in [0.1, 0.15) is 18.5 Å². The monoisotopic (exact) mass is 450 g/mol. The summed E-state index contributed by atoms with van der Waals surface area (Å²) in [5.41, 5.74) is 5.27. The molecule has 4 heterocycles. The quantitative estimate of drug-likeness (QED) is 0.501. The molecule has 1 saturated heterocycles. The van der Waals surface area contributed by atoms with Crippen molar-refractivity contribution in [2.24, 2.45) is 7.05 Å². The number of hydrogen-bond acceptors (Lipinski definition) is 5. The van der Waals surface area contributed by atoms with Crippen molar-refractivity contribution >= 4 is 32.4 Å². The second-order valence-electron chi connectivity index (χ2n) is 8.27. The fourth-order valence-electron chi connectivity index (χ4n) is 4.45. The van der Waals surface area contributed by atoms with Crippen LogP contribution in [0.5, 0.6) is 0 Å². The van der Waals surface area contributed by atoms with Gasteiger partial charge in [0.05, 0.1) is 17.3 Å². The molecule has 0 saturated carbocycles. The smallest absolute Gasteiger partial charge is 0.281 e. The molecule has 0 aliphatic carbocycles. The van der Waals surface area contributed by atoms with Crippen LogP contribution in [-0.4, -0.2) is 48.3 Å². The molecule has 0 unspecified atom stereocenters. The zero-order chi connectivity index (χ0) is 22.5. The Labute approximate surface area is 187 Å². The van der Waals surface area contributed by atoms with Crippen LogP contribution in [0.2, 0.25) is 0 Å². The van der Waals surface area contributed by atoms with Gasteiger partial charge in [0, 0.05) is 50.3 Å². The van der Waals surface area contributed by atoms with Crippen molar-refractivity contribution in [1.82, 2.24) is 19.7 Å². The number of sulfonamides is 1. The first-order chi connectivity index (χ1) is 15.4. The molecule has 3 aromatic heterocycles. The topological polar surface area (TPSA) is 87.1 Å². The van der Waals surface area contributed by atoms with Crippen molar-refractivity contribution in [1.29, 1.82) is 0 Å². The minimum absolute atomic E-state index is 0.0520. The van der Waals surface area contributed by atoms with Crippen LogP contribution in [0.3, 0.4) is 0 Å². The van der Waals surface area contributed by atoms with E-state index < -0.39 is 10.0 Å². The fraction of sp³-hybridized carbons (Fsp3) is 0.304. The zero-order valence-electron chi connectivity index (χ0n) is 18.4. The molecule has 0 radical (unpaired) electrons. The Kier molecular flexibility index (Phi) is 4.93. The standard InChI is InChI=1S/C23H26N6O2S/c1-16-13-20(28(3)32(30,31)21-9-10-24-26-21)22-19(15-27(2)23(22)25-16)17-7-6-8-18(14-17)29-11-4-5-12-29/h6-10,13-15H,4-5,11-12H2,1-3H3,(H,24,26). The van der Waals surface area contributed by atoms with Crippen LogP contribution >= 0.6 is 0 Å². The molecule has 0 atom stereocenters. The number of aromatic nitrogens is 4. The highest BCUT2D eigenvalue weighted by Gasteiger charge is 2.27. The Bertz CT molecular complexity index is 1390. The molecule has 166 valence electrons. The van der Waals surface area contributed by atoms with Crippen LogP contribution in [0.15, 0.2) is 53.8 Å². The number of aromatic amines is 1. The van der Waals surface area contributed by atoms with E-state index in [0.29, 0.717) is 5.69 Å². The molecule has 0 spiro atoms. The second-order valence-corrected chi connectivity index (χ2v) is 10.2. The normalized spacial score (nSPS) is 14.4. The van der Waals surface area contributed by atoms with E-state index in [2.05, 4.69) is 39.4 Å². The van der Waals surface area contributed by atoms with Crippen molar-refractivity contribution < 1.29 is 8.42 Å². The van der Waals surface area contributed by atoms with Gasteiger partial charge in [-0.05, 0) is 49.6 Å². The summed E-state index contributed by atoms with van der Waals surface area (Å²) in [5.74, 6) is 0. The number of nitrogens with one attached hydrogen (secondary N) is 1. The van der Waals surface area contributed by atoms with Crippen molar-refractivity contribution in [3.05, 3.63) is 54.5 Å². The predicted molar refractivity (Wildman–Crippen MR) is 127 cm³/mol. The minimum Gasteiger partial charge on any atom is -0.372 e. The number of nitrogens with zero attached hydrogens (tertiary/aromatic N) is 5. The predicted octanol–water partition coefficient (Wildman–Crippen LogP) is 3.70. The highest BCUT2D eigenvalue weighted by molar-refractivity contribution is 7.92. The maximum absolute atomic E-state index is 13.3. The number of aryl methyl sites for hydroxylation is 2. The molecule has 4 aromatic rings. The number of benzene rings is 1. The lowest BCUT2D eigenvalue weighted by Crippen LogP contribution is -2.27. The zero-order valence-corrected chi connectivity index (χ0v) is 19.2. The molecule has 0 bridgehead atoms. The van der Waals surface area contributed by atoms with Gasteiger partial charge in [-0.15, -0.1) is 0 Å². The molecule has 0 amide bonds. The van der Waals surface area contributed by atoms with E-state index in [1.54, 1.807) is 7.05 Å². The van der Waals surface area contributed by atoms with Gasteiger partial charge in [-0.25, -0.2) is 4.98 Å². The summed E-state index contributed by atoms with van der Waals surface area (Å²) in [4.78, 5) is 7.12. The molecule has 8 nitrogen and oxygen atoms in total. The van der Waals surface area contributed by atoms with Crippen LogP contribution in [0, 0.1) is 6.92 Å². The van der Waals surface area contributed by atoms with Gasteiger partial charge in [-0.2, -0.15) is 13.5 Å². The molecule has 1 fully saturated rings. The van der Waals surface area contributed by atoms with Gasteiger partial charge in [-0.3, -0.25) is 9.40 Å². The molecule has 1 N–H and O–H groups in total. The highest BCUT2D eigenvalue weighted by Crippen LogP contribution is 2.39. The minimum atomic E-state index is -3.80. The largest absolute Gasteiger partial charge is 0.372 e. The van der Waals surface area contributed by atoms with Crippen LogP contribution in [0.25, 0.3) is 22.2 Å². The van der Waals surface area contributed by atoms with Gasteiger partial charge in [0.15, 0.2) is 5.03 Å². The van der Waals surface area contributed by atoms with Gasteiger partial charge in [-0.1, -0.05) is 12.1 Å². The lowest BCUT2D eigenvalue weighted by molar-refractivity contribution is 0.590. The summed E-state index contributed by atoms with van der Waals surface area (Å²) in [6, 6.07) is 11.7. The third kappa shape index (κ3) is 3.33. The third-order valence-corrected chi connectivity index (χ3v) is 7.82. The Balaban J connectivity index is 1.70. The van der Waals surface area contributed by atoms with E-state index in [4.69, 9.17) is 4.98 Å². The van der Waals surface area contributed by atoms with Gasteiger partial charge < -0.3 is 9.47 Å². The molecular weight excluding hydrogens is 424 g/mol. The number of rotatable bonds is 5. The lowest BCUT2D eigenvalue weighted by atomic mass is 10.0. The van der Waals surface area contributed by atoms with E-state index >= 15 is 0 Å². The van der Waals surface area contributed by atoms with Crippen molar-refractivity contribution in [3.8, 4) is 11.1 Å². The summed E-state index contributed by atoms with van der Waals surface area (Å²) < 4.78 is 29.8. The molecule has 32 heavy (non-hydrogen) atoms. The molecule has 1 aliphatic rings. The number of pyridine rings is 1. The molecule has 9 heteroatoms. The van der Waals surface area contributed by atoms with Gasteiger partial charge in [0.2, 0.25) is 0 Å². The Morgan fingerprint density at radius 3 is 2.62 bits per heavy atom. The third-order valence-electron chi connectivity index (χ3n) is 6.12. The van der Waals surface area contributed by atoms with E-state index in [-0.39, 0.29) is 5.03 Å². The number of hydrogen-bond donors (Lipinski definition) is 1. The maximum atomic E-state index is 13.3. The van der Waals surface area contributed by atoms with Gasteiger partial charge in [0.1, 0.15) is 5.65 Å². The van der Waals surface area contributed by atoms with Crippen molar-refractivity contribution in [2.45, 2.75) is 24.8 Å². The van der Waals surface area contributed by atoms with E-state index in [1.165, 1.54) is 35.1 Å². The number of anilines is 2. The van der Waals surface area contributed by atoms with Crippen LogP contribution < -0.4 is 9.21 Å². The first-order valence-corrected chi connectivity index (χ1v) is 12.1. The molecular formula is C23H26N6O2S. The average molecular weight is 451 g/mol. The lowest BCUT2D eigenvalue weighted by Gasteiger charge is -2.21. The fourth-order valence-corrected chi connectivity index (χ4v) is 5.55. The van der Waals surface area contributed by atoms with E-state index in [0.717, 1.165) is 40.9 Å². The molecule has 5 rings (SSSR count). The molecule has 1 aromatic carbocycles. The van der Waals surface area contributed by atoms with Gasteiger partial charge >= 0.3 is 0 Å². The average Bonchev–Trinajstić information content (AvgIpc) is 3.55. The summed E-state index contributed by atoms with van der Waals surface area (Å²) in [6.07, 6.45) is 5.89. The first kappa shape index (κ1) is 20.6. The SMILES string of the molecule is Cc1cc(N(C)S(=O)(=O)c2ccn[nH]2)c2c(-c3cccc(N4CCCC4)c3)cn(C)c2n1. The number of fused-ring (bicyclic) bond motifs is 1. The maximum Gasteiger partial charge on any atom is 0.281 e. The van der Waals surface area contributed by atoms with Crippen molar-refractivity contribution in [2.75, 3.05) is 29.3 Å². The van der Waals surface area contributed by atoms with Crippen molar-refractivity contribution in [3.63, 3.8) is 0 Å². The number of H-pyrrole nitrogens is 1. The second kappa shape index (κ2) is 7.67. The summed E-state index contributed by atoms with van der Waals surface area (Å²) in [6.45, 7) is 4.01. The Morgan fingerprint density at radius 2 is 1.91 bits per heavy atom. The Morgan fingerprint density at radius 1 is 1.12 bits per heavy atom. The Hall–Kier alpha value is -3.33. The first-order valence-electron chi connectivity index (χ1n) is 10.7. The van der Waals surface area contributed by atoms with E-state index in [9.17, 15) is 8.42 Å². The summed E-state index contributed by atoms with van der Waals surface area (Å²) in [7, 11) is -0.286. The molecule has 1 aliphatic heterocycles. The summed E-state index contributed by atoms with van der Waals surface area (Å²) in [5, 5.41) is 7.24. The van der Waals surface area contributed by atoms with Crippen LogP contribution in [0.4, 0.5) is 11.4 Å². The van der Waals surface area contributed by atoms with E-state index in [1.807, 2.05) is 30.8 Å².